The molecule has 0 amide bonds. The summed E-state index contributed by atoms with van der Waals surface area (Å²) < 4.78 is 38.4. The molecular formula is C27H33BF2N2O4. The number of fused-ring (bicyclic) bond motifs is 2. The fraction of sp³-hybridized carbons (Fsp3) is 0.481. The lowest BCUT2D eigenvalue weighted by molar-refractivity contribution is -0.0455. The van der Waals surface area contributed by atoms with E-state index in [2.05, 4.69) is 11.4 Å². The molecule has 0 saturated carbocycles. The second-order valence-corrected chi connectivity index (χ2v) is 10.3. The summed E-state index contributed by atoms with van der Waals surface area (Å²) in [7, 11) is -0.456. The number of nitrogens with zero attached hydrogens (tertiary/aromatic N) is 1. The molecule has 6 nitrogen and oxygen atoms in total. The Hall–Kier alpha value is -2.46. The first-order valence-electron chi connectivity index (χ1n) is 12.7. The van der Waals surface area contributed by atoms with Crippen molar-refractivity contribution < 1.29 is 28.4 Å². The molecule has 2 aromatic carbocycles. The van der Waals surface area contributed by atoms with Crippen LogP contribution in [0, 0.1) is 11.6 Å². The van der Waals surface area contributed by atoms with Crippen LogP contribution in [0.4, 0.5) is 8.78 Å². The van der Waals surface area contributed by atoms with Crippen LogP contribution in [0.3, 0.4) is 0 Å². The fourth-order valence-electron chi connectivity index (χ4n) is 5.58. The Kier molecular flexibility index (Phi) is 7.09. The minimum absolute atomic E-state index is 0.171. The van der Waals surface area contributed by atoms with E-state index >= 15 is 0 Å². The van der Waals surface area contributed by atoms with Gasteiger partial charge in [-0.15, -0.1) is 0 Å². The van der Waals surface area contributed by atoms with Crippen LogP contribution in [0.25, 0.3) is 6.08 Å². The van der Waals surface area contributed by atoms with Crippen molar-refractivity contribution in [3.8, 4) is 11.5 Å². The van der Waals surface area contributed by atoms with E-state index in [1.807, 2.05) is 10.9 Å². The molecule has 2 saturated heterocycles. The van der Waals surface area contributed by atoms with E-state index in [1.54, 1.807) is 19.0 Å². The zero-order valence-corrected chi connectivity index (χ0v) is 20.6. The summed E-state index contributed by atoms with van der Waals surface area (Å²) in [6, 6.07) is 8.98. The van der Waals surface area contributed by atoms with Gasteiger partial charge in [0.25, 0.3) is 0 Å². The molecule has 2 aromatic rings. The lowest BCUT2D eigenvalue weighted by Gasteiger charge is -2.46. The van der Waals surface area contributed by atoms with Gasteiger partial charge in [-0.1, -0.05) is 6.08 Å². The molecule has 192 valence electrons. The van der Waals surface area contributed by atoms with Crippen LogP contribution < -0.4 is 14.8 Å². The average molecular weight is 498 g/mol. The molecule has 4 aliphatic rings. The lowest BCUT2D eigenvalue weighted by atomic mass is 9.76. The van der Waals surface area contributed by atoms with E-state index in [0.717, 1.165) is 63.2 Å². The molecule has 2 fully saturated rings. The predicted molar refractivity (Wildman–Crippen MR) is 135 cm³/mol. The van der Waals surface area contributed by atoms with Crippen LogP contribution in [-0.2, 0) is 0 Å². The minimum atomic E-state index is -0.687. The Labute approximate surface area is 211 Å². The van der Waals surface area contributed by atoms with Gasteiger partial charge in [0.05, 0.1) is 6.10 Å². The van der Waals surface area contributed by atoms with Crippen LogP contribution in [0.1, 0.15) is 49.3 Å². The molecule has 3 N–H and O–H groups in total. The Morgan fingerprint density at radius 3 is 2.33 bits per heavy atom. The highest BCUT2D eigenvalue weighted by Crippen LogP contribution is 2.44. The first kappa shape index (κ1) is 25.2. The maximum absolute atomic E-state index is 13.2. The van der Waals surface area contributed by atoms with Crippen LogP contribution in [0.2, 0.25) is 6.82 Å². The summed E-state index contributed by atoms with van der Waals surface area (Å²) in [4.78, 5) is 1.99. The number of benzene rings is 2. The predicted octanol–water partition coefficient (Wildman–Crippen LogP) is 3.94. The van der Waals surface area contributed by atoms with Gasteiger partial charge in [-0.25, -0.2) is 8.78 Å². The van der Waals surface area contributed by atoms with Crippen LogP contribution in [0.15, 0.2) is 42.5 Å². The number of nitrogens with one attached hydrogen (secondary N) is 1. The van der Waals surface area contributed by atoms with Gasteiger partial charge in [-0.3, -0.25) is 0 Å². The lowest BCUT2D eigenvalue weighted by Crippen LogP contribution is -2.53. The van der Waals surface area contributed by atoms with E-state index in [-0.39, 0.29) is 17.2 Å². The van der Waals surface area contributed by atoms with Gasteiger partial charge < -0.3 is 29.7 Å². The molecule has 0 radical (unpaired) electrons. The highest BCUT2D eigenvalue weighted by atomic mass is 19.1. The van der Waals surface area contributed by atoms with Crippen LogP contribution in [0.5, 0.6) is 11.5 Å². The Balaban J connectivity index is 0.000000152. The van der Waals surface area contributed by atoms with Crippen molar-refractivity contribution in [1.29, 1.82) is 0 Å². The van der Waals surface area contributed by atoms with Gasteiger partial charge in [0.15, 0.2) is 0 Å². The van der Waals surface area contributed by atoms with Gasteiger partial charge in [-0.05, 0) is 88.3 Å². The molecule has 9 heteroatoms. The highest BCUT2D eigenvalue weighted by Gasteiger charge is 2.43. The summed E-state index contributed by atoms with van der Waals surface area (Å²) in [6.07, 6.45) is 7.31. The molecule has 1 atom stereocenters. The van der Waals surface area contributed by atoms with Crippen LogP contribution in [-0.4, -0.2) is 59.4 Å². The topological polar surface area (TPSA) is 74.2 Å². The first-order valence-corrected chi connectivity index (χ1v) is 12.7. The van der Waals surface area contributed by atoms with E-state index in [9.17, 15) is 18.9 Å². The molecule has 4 heterocycles. The number of halogens is 2. The number of hydrogen-bond acceptors (Lipinski definition) is 6. The van der Waals surface area contributed by atoms with Crippen molar-refractivity contribution in [2.75, 3.05) is 26.2 Å². The van der Waals surface area contributed by atoms with Gasteiger partial charge in [0.2, 0.25) is 0 Å². The first-order chi connectivity index (χ1) is 17.3. The van der Waals surface area contributed by atoms with E-state index in [1.165, 1.54) is 24.3 Å². The summed E-state index contributed by atoms with van der Waals surface area (Å²) in [5.74, 6) is 0.806. The average Bonchev–Trinajstić information content (AvgIpc) is 2.86. The molecule has 0 bridgehead atoms. The van der Waals surface area contributed by atoms with Gasteiger partial charge >= 0.3 is 7.05 Å². The van der Waals surface area contributed by atoms with E-state index in [0.29, 0.717) is 17.7 Å². The SMILES string of the molecule is CB(O)N1CCC2(CC1)CC(O)c1cc(F)ccc1O2.Fc1ccc2c(c1)C=CC1(CCNCC1)O2. The van der Waals surface area contributed by atoms with Gasteiger partial charge in [0.1, 0.15) is 34.3 Å². The number of aliphatic hydroxyl groups is 1. The molecule has 0 aromatic heterocycles. The highest BCUT2D eigenvalue weighted by molar-refractivity contribution is 6.45. The van der Waals surface area contributed by atoms with Crippen molar-refractivity contribution in [1.82, 2.24) is 10.1 Å². The number of hydrogen-bond donors (Lipinski definition) is 3. The third kappa shape index (κ3) is 5.30. The smallest absolute Gasteiger partial charge is 0.376 e. The second kappa shape index (κ2) is 10.1. The molecular weight excluding hydrogens is 465 g/mol. The maximum Gasteiger partial charge on any atom is 0.376 e. The molecule has 2 spiro atoms. The van der Waals surface area contributed by atoms with Crippen molar-refractivity contribution in [3.63, 3.8) is 0 Å². The summed E-state index contributed by atoms with van der Waals surface area (Å²) in [5.41, 5.74) is 0.809. The third-order valence-electron chi connectivity index (χ3n) is 7.76. The molecule has 0 aliphatic carbocycles. The normalized spacial score (nSPS) is 23.5. The number of aliphatic hydroxyl groups excluding tert-OH is 1. The van der Waals surface area contributed by atoms with Gasteiger partial charge in [-0.2, -0.15) is 0 Å². The summed E-state index contributed by atoms with van der Waals surface area (Å²) in [5, 5.41) is 23.2. The van der Waals surface area contributed by atoms with Crippen molar-refractivity contribution in [2.45, 2.75) is 56.2 Å². The molecule has 36 heavy (non-hydrogen) atoms. The Morgan fingerprint density at radius 2 is 1.64 bits per heavy atom. The summed E-state index contributed by atoms with van der Waals surface area (Å²) in [6.45, 7) is 5.18. The molecule has 6 rings (SSSR count). The van der Waals surface area contributed by atoms with Crippen molar-refractivity contribution >= 4 is 13.1 Å². The number of ether oxygens (including phenoxy) is 2. The minimum Gasteiger partial charge on any atom is -0.487 e. The quantitative estimate of drug-likeness (QED) is 0.518. The second-order valence-electron chi connectivity index (χ2n) is 10.3. The number of rotatable bonds is 1. The zero-order chi connectivity index (χ0) is 25.3. The molecule has 1 unspecified atom stereocenters. The van der Waals surface area contributed by atoms with E-state index in [4.69, 9.17) is 9.47 Å². The maximum atomic E-state index is 13.2. The van der Waals surface area contributed by atoms with Gasteiger partial charge in [0, 0.05) is 30.4 Å². The largest absolute Gasteiger partial charge is 0.487 e. The third-order valence-corrected chi connectivity index (χ3v) is 7.76. The fourth-order valence-corrected chi connectivity index (χ4v) is 5.58. The van der Waals surface area contributed by atoms with Crippen molar-refractivity contribution in [2.24, 2.45) is 0 Å². The Bertz CT molecular complexity index is 1110. The Morgan fingerprint density at radius 1 is 0.972 bits per heavy atom. The van der Waals surface area contributed by atoms with E-state index < -0.39 is 18.8 Å². The summed E-state index contributed by atoms with van der Waals surface area (Å²) >= 11 is 0. The van der Waals surface area contributed by atoms with Crippen molar-refractivity contribution in [3.05, 3.63) is 65.2 Å². The molecule has 4 aliphatic heterocycles. The standard InChI is InChI=1S/C14H19BFNO3.C13H14FNO/c1-15(19)17-6-4-14(5-7-17)9-12(18)11-8-10(16)2-3-13(11)20-14;14-11-1-2-12-10(9-11)3-4-13(16-12)5-7-15-8-6-13/h2-3,8,12,18-19H,4-7,9H2,1H3;1-4,9,15H,5-8H2. The number of piperidine rings is 2. The monoisotopic (exact) mass is 498 g/mol. The zero-order valence-electron chi connectivity index (χ0n) is 20.6. The van der Waals surface area contributed by atoms with Crippen LogP contribution >= 0.6 is 0 Å².